The third-order valence-corrected chi connectivity index (χ3v) is 2.92. The molecule has 0 radical (unpaired) electrons. The van der Waals surface area contributed by atoms with Crippen LogP contribution in [-0.2, 0) is 5.88 Å². The Kier molecular flexibility index (Phi) is 5.19. The predicted octanol–water partition coefficient (Wildman–Crippen LogP) is 2.76. The van der Waals surface area contributed by atoms with E-state index in [0.717, 1.165) is 23.7 Å². The molecule has 0 aromatic carbocycles. The first-order valence-corrected chi connectivity index (χ1v) is 6.52. The van der Waals surface area contributed by atoms with E-state index < -0.39 is 0 Å². The van der Waals surface area contributed by atoms with Gasteiger partial charge in [0.1, 0.15) is 11.6 Å². The van der Waals surface area contributed by atoms with Crippen molar-refractivity contribution >= 4 is 29.2 Å². The van der Waals surface area contributed by atoms with Gasteiger partial charge in [0.05, 0.1) is 12.1 Å². The third kappa shape index (κ3) is 3.54. The van der Waals surface area contributed by atoms with Gasteiger partial charge in [0, 0.05) is 24.9 Å². The minimum absolute atomic E-state index is 0.281. The number of anilines is 1. The van der Waals surface area contributed by atoms with E-state index in [2.05, 4.69) is 4.98 Å². The molecule has 0 aliphatic rings. The number of hydrogen-bond donors (Lipinski definition) is 0. The van der Waals surface area contributed by atoms with Crippen molar-refractivity contribution in [3.63, 3.8) is 0 Å². The lowest BCUT2D eigenvalue weighted by Gasteiger charge is -2.19. The molecule has 0 atom stereocenters. The zero-order valence-electron chi connectivity index (χ0n) is 8.83. The average Bonchev–Trinajstić information content (AvgIpc) is 2.25. The Balaban J connectivity index is 2.82. The lowest BCUT2D eigenvalue weighted by atomic mass is 10.2. The Bertz CT molecular complexity index is 322. The fourth-order valence-corrected chi connectivity index (χ4v) is 1.90. The van der Waals surface area contributed by atoms with Crippen LogP contribution < -0.4 is 4.90 Å². The van der Waals surface area contributed by atoms with Crippen LogP contribution in [-0.4, -0.2) is 30.6 Å². The maximum atomic E-state index is 12.9. The molecule has 0 N–H and O–H groups in total. The van der Waals surface area contributed by atoms with Gasteiger partial charge in [-0.3, -0.25) is 0 Å². The first-order valence-electron chi connectivity index (χ1n) is 4.59. The van der Waals surface area contributed by atoms with Crippen molar-refractivity contribution in [3.8, 4) is 0 Å². The zero-order chi connectivity index (χ0) is 11.3. The van der Waals surface area contributed by atoms with Crippen molar-refractivity contribution < 1.29 is 4.39 Å². The second-order valence-corrected chi connectivity index (χ2v) is 4.44. The molecular weight excluding hydrogens is 235 g/mol. The Morgan fingerprint density at radius 2 is 2.33 bits per heavy atom. The number of rotatable bonds is 5. The van der Waals surface area contributed by atoms with E-state index in [1.165, 1.54) is 12.3 Å². The number of alkyl halides is 1. The molecule has 2 nitrogen and oxygen atoms in total. The first-order chi connectivity index (χ1) is 7.19. The molecule has 0 saturated carbocycles. The molecule has 0 saturated heterocycles. The van der Waals surface area contributed by atoms with Crippen LogP contribution in [0.3, 0.4) is 0 Å². The monoisotopic (exact) mass is 248 g/mol. The second kappa shape index (κ2) is 6.18. The molecule has 0 bridgehead atoms. The molecule has 0 unspecified atom stereocenters. The molecule has 1 rings (SSSR count). The molecular formula is C10H14ClFN2S. The van der Waals surface area contributed by atoms with Gasteiger partial charge in [0.15, 0.2) is 0 Å². The minimum atomic E-state index is -0.340. The fourth-order valence-electron chi connectivity index (χ4n) is 1.25. The number of thioether (sulfide) groups is 1. The zero-order valence-corrected chi connectivity index (χ0v) is 10.4. The van der Waals surface area contributed by atoms with Gasteiger partial charge in [-0.05, 0) is 12.3 Å². The largest absolute Gasteiger partial charge is 0.359 e. The molecule has 1 aromatic heterocycles. The molecule has 1 heterocycles. The van der Waals surface area contributed by atoms with Crippen molar-refractivity contribution in [2.75, 3.05) is 30.5 Å². The minimum Gasteiger partial charge on any atom is -0.359 e. The fraction of sp³-hybridized carbons (Fsp3) is 0.500. The van der Waals surface area contributed by atoms with Crippen molar-refractivity contribution in [1.29, 1.82) is 0 Å². The van der Waals surface area contributed by atoms with Gasteiger partial charge in [-0.1, -0.05) is 0 Å². The molecule has 15 heavy (non-hydrogen) atoms. The smallest absolute Gasteiger partial charge is 0.141 e. The maximum Gasteiger partial charge on any atom is 0.141 e. The molecule has 5 heteroatoms. The summed E-state index contributed by atoms with van der Waals surface area (Å²) in [5, 5.41) is 0. The number of halogens is 2. The van der Waals surface area contributed by atoms with Gasteiger partial charge in [-0.15, -0.1) is 11.6 Å². The van der Waals surface area contributed by atoms with E-state index in [1.807, 2.05) is 18.2 Å². The lowest BCUT2D eigenvalue weighted by Crippen LogP contribution is -2.22. The molecule has 0 amide bonds. The van der Waals surface area contributed by atoms with Crippen molar-refractivity contribution in [1.82, 2.24) is 4.98 Å². The summed E-state index contributed by atoms with van der Waals surface area (Å²) in [5.74, 6) is 1.72. The van der Waals surface area contributed by atoms with E-state index in [1.54, 1.807) is 11.8 Å². The summed E-state index contributed by atoms with van der Waals surface area (Å²) < 4.78 is 12.9. The van der Waals surface area contributed by atoms with Crippen LogP contribution >= 0.6 is 23.4 Å². The second-order valence-electron chi connectivity index (χ2n) is 3.18. The number of pyridine rings is 1. The van der Waals surface area contributed by atoms with Gasteiger partial charge < -0.3 is 4.90 Å². The summed E-state index contributed by atoms with van der Waals surface area (Å²) in [7, 11) is 1.94. The highest BCUT2D eigenvalue weighted by Gasteiger charge is 2.09. The Hall–Kier alpha value is -0.480. The van der Waals surface area contributed by atoms with Gasteiger partial charge in [-0.25, -0.2) is 9.37 Å². The highest BCUT2D eigenvalue weighted by Crippen LogP contribution is 2.19. The Morgan fingerprint density at radius 1 is 1.60 bits per heavy atom. The van der Waals surface area contributed by atoms with Crippen LogP contribution in [0.4, 0.5) is 10.2 Å². The van der Waals surface area contributed by atoms with E-state index in [-0.39, 0.29) is 11.7 Å². The first kappa shape index (κ1) is 12.6. The average molecular weight is 249 g/mol. The summed E-state index contributed by atoms with van der Waals surface area (Å²) in [4.78, 5) is 6.05. The van der Waals surface area contributed by atoms with Gasteiger partial charge in [0.25, 0.3) is 0 Å². The normalized spacial score (nSPS) is 10.4. The Labute approximate surface area is 98.8 Å². The lowest BCUT2D eigenvalue weighted by molar-refractivity contribution is 0.619. The third-order valence-electron chi connectivity index (χ3n) is 2.05. The van der Waals surface area contributed by atoms with Crippen LogP contribution in [0.5, 0.6) is 0 Å². The van der Waals surface area contributed by atoms with Crippen LogP contribution in [0.15, 0.2) is 12.3 Å². The summed E-state index contributed by atoms with van der Waals surface area (Å²) in [6.45, 7) is 0.879. The van der Waals surface area contributed by atoms with Gasteiger partial charge >= 0.3 is 0 Å². The number of hydrogen-bond acceptors (Lipinski definition) is 3. The van der Waals surface area contributed by atoms with E-state index in [9.17, 15) is 4.39 Å². The van der Waals surface area contributed by atoms with Crippen LogP contribution in [0, 0.1) is 5.82 Å². The van der Waals surface area contributed by atoms with Crippen LogP contribution in [0.2, 0.25) is 0 Å². The van der Waals surface area contributed by atoms with E-state index in [4.69, 9.17) is 11.6 Å². The molecule has 0 aliphatic heterocycles. The maximum absolute atomic E-state index is 12.9. The predicted molar refractivity (Wildman–Crippen MR) is 65.4 cm³/mol. The summed E-state index contributed by atoms with van der Waals surface area (Å²) in [6.07, 6.45) is 3.27. The topological polar surface area (TPSA) is 16.1 Å². The van der Waals surface area contributed by atoms with Crippen molar-refractivity contribution in [3.05, 3.63) is 23.6 Å². The summed E-state index contributed by atoms with van der Waals surface area (Å²) in [6, 6.07) is 1.44. The van der Waals surface area contributed by atoms with Crippen LogP contribution in [0.1, 0.15) is 5.56 Å². The van der Waals surface area contributed by atoms with E-state index in [0.29, 0.717) is 0 Å². The standard InChI is InChI=1S/C10H14ClFN2S/c1-14(3-4-15-2)10-8(6-11)5-9(12)7-13-10/h5,7H,3-4,6H2,1-2H3. The number of nitrogens with zero attached hydrogens (tertiary/aromatic N) is 2. The molecule has 0 aliphatic carbocycles. The molecule has 0 spiro atoms. The molecule has 0 fully saturated rings. The van der Waals surface area contributed by atoms with Gasteiger partial charge in [0.2, 0.25) is 0 Å². The van der Waals surface area contributed by atoms with Crippen molar-refractivity contribution in [2.24, 2.45) is 0 Å². The molecule has 1 aromatic rings. The quantitative estimate of drug-likeness (QED) is 0.746. The summed E-state index contributed by atoms with van der Waals surface area (Å²) >= 11 is 7.51. The van der Waals surface area contributed by atoms with Crippen LogP contribution in [0.25, 0.3) is 0 Å². The van der Waals surface area contributed by atoms with Crippen molar-refractivity contribution in [2.45, 2.75) is 5.88 Å². The summed E-state index contributed by atoms with van der Waals surface area (Å²) in [5.41, 5.74) is 0.736. The SMILES string of the molecule is CSCCN(C)c1ncc(F)cc1CCl. The van der Waals surface area contributed by atoms with Gasteiger partial charge in [-0.2, -0.15) is 11.8 Å². The highest BCUT2D eigenvalue weighted by atomic mass is 35.5. The number of aromatic nitrogens is 1. The Morgan fingerprint density at radius 3 is 2.93 bits per heavy atom. The highest BCUT2D eigenvalue weighted by molar-refractivity contribution is 7.98. The molecule has 84 valence electrons. The van der Waals surface area contributed by atoms with E-state index >= 15 is 0 Å².